The molecule has 1 aromatic carbocycles. The summed E-state index contributed by atoms with van der Waals surface area (Å²) in [5, 5.41) is 11.5. The molecule has 0 fully saturated rings. The van der Waals surface area contributed by atoms with Crippen molar-refractivity contribution in [2.75, 3.05) is 5.32 Å². The molecule has 1 aromatic heterocycles. The summed E-state index contributed by atoms with van der Waals surface area (Å²) in [6, 6.07) is 4.50. The Morgan fingerprint density at radius 3 is 2.62 bits per heavy atom. The number of aryl methyl sites for hydroxylation is 1. The van der Waals surface area contributed by atoms with Gasteiger partial charge in [0.05, 0.1) is 21.8 Å². The van der Waals surface area contributed by atoms with E-state index in [0.29, 0.717) is 5.69 Å². The lowest BCUT2D eigenvalue weighted by Crippen LogP contribution is -2.16. The standard InChI is InChI=1S/C14H10ClFN2O3/c1-7-4-11(15)10(6-17-7)13(19)18-12-5-8(16)2-3-9(12)14(20)21/h2-6H,1H3,(H,18,19)(H,20,21). The second kappa shape index (κ2) is 5.88. The third-order valence-electron chi connectivity index (χ3n) is 2.70. The van der Waals surface area contributed by atoms with E-state index in [2.05, 4.69) is 10.3 Å². The fourth-order valence-corrected chi connectivity index (χ4v) is 1.98. The Morgan fingerprint density at radius 2 is 2.00 bits per heavy atom. The van der Waals surface area contributed by atoms with Crippen LogP contribution >= 0.6 is 11.6 Å². The average Bonchev–Trinajstić information content (AvgIpc) is 2.37. The van der Waals surface area contributed by atoms with E-state index in [0.717, 1.165) is 18.2 Å². The molecule has 0 aliphatic heterocycles. The van der Waals surface area contributed by atoms with E-state index in [4.69, 9.17) is 16.7 Å². The van der Waals surface area contributed by atoms with Gasteiger partial charge in [-0.2, -0.15) is 0 Å². The van der Waals surface area contributed by atoms with Crippen molar-refractivity contribution in [2.24, 2.45) is 0 Å². The monoisotopic (exact) mass is 308 g/mol. The molecule has 0 spiro atoms. The molecule has 7 heteroatoms. The van der Waals surface area contributed by atoms with Crippen LogP contribution in [0.3, 0.4) is 0 Å². The van der Waals surface area contributed by atoms with Crippen LogP contribution in [0, 0.1) is 12.7 Å². The van der Waals surface area contributed by atoms with Gasteiger partial charge in [-0.1, -0.05) is 11.6 Å². The molecule has 0 radical (unpaired) electrons. The number of nitrogens with one attached hydrogen (secondary N) is 1. The summed E-state index contributed by atoms with van der Waals surface area (Å²) in [4.78, 5) is 27.1. The van der Waals surface area contributed by atoms with E-state index in [1.165, 1.54) is 12.3 Å². The number of rotatable bonds is 3. The fourth-order valence-electron chi connectivity index (χ4n) is 1.69. The number of nitrogens with zero attached hydrogens (tertiary/aromatic N) is 1. The average molecular weight is 309 g/mol. The van der Waals surface area contributed by atoms with Crippen molar-refractivity contribution in [1.82, 2.24) is 4.98 Å². The Kier molecular flexibility index (Phi) is 4.18. The summed E-state index contributed by atoms with van der Waals surface area (Å²) in [6.07, 6.45) is 1.27. The van der Waals surface area contributed by atoms with Crippen molar-refractivity contribution in [2.45, 2.75) is 6.92 Å². The van der Waals surface area contributed by atoms with Crippen molar-refractivity contribution in [3.05, 3.63) is 58.1 Å². The maximum absolute atomic E-state index is 13.2. The van der Waals surface area contributed by atoms with Crippen LogP contribution in [0.2, 0.25) is 5.02 Å². The molecule has 0 atom stereocenters. The lowest BCUT2D eigenvalue weighted by atomic mass is 10.1. The quantitative estimate of drug-likeness (QED) is 0.913. The van der Waals surface area contributed by atoms with Crippen LogP contribution in [0.5, 0.6) is 0 Å². The summed E-state index contributed by atoms with van der Waals surface area (Å²) in [5.74, 6) is -2.61. The number of halogens is 2. The van der Waals surface area contributed by atoms with Crippen LogP contribution in [0.1, 0.15) is 26.4 Å². The molecule has 0 saturated heterocycles. The highest BCUT2D eigenvalue weighted by atomic mass is 35.5. The number of amides is 1. The van der Waals surface area contributed by atoms with E-state index >= 15 is 0 Å². The lowest BCUT2D eigenvalue weighted by Gasteiger charge is -2.09. The second-order valence-corrected chi connectivity index (χ2v) is 4.66. The Bertz CT molecular complexity index is 734. The number of aromatic carboxylic acids is 1. The number of hydrogen-bond acceptors (Lipinski definition) is 3. The summed E-state index contributed by atoms with van der Waals surface area (Å²) in [5.41, 5.74) is 0.335. The first-order valence-corrected chi connectivity index (χ1v) is 6.22. The molecule has 0 saturated carbocycles. The fraction of sp³-hybridized carbons (Fsp3) is 0.0714. The molecule has 0 aliphatic carbocycles. The molecule has 1 amide bonds. The number of anilines is 1. The van der Waals surface area contributed by atoms with Gasteiger partial charge in [0.15, 0.2) is 0 Å². The molecule has 2 rings (SSSR count). The van der Waals surface area contributed by atoms with Crippen LogP contribution < -0.4 is 5.32 Å². The molecule has 21 heavy (non-hydrogen) atoms. The Balaban J connectivity index is 2.35. The van der Waals surface area contributed by atoms with Crippen molar-refractivity contribution < 1.29 is 19.1 Å². The lowest BCUT2D eigenvalue weighted by molar-refractivity contribution is 0.0698. The molecular weight excluding hydrogens is 299 g/mol. The predicted molar refractivity (Wildman–Crippen MR) is 75.3 cm³/mol. The first-order chi connectivity index (χ1) is 9.88. The van der Waals surface area contributed by atoms with E-state index < -0.39 is 17.7 Å². The number of pyridine rings is 1. The predicted octanol–water partition coefficient (Wildman–Crippen LogP) is 3.13. The van der Waals surface area contributed by atoms with Gasteiger partial charge < -0.3 is 10.4 Å². The Morgan fingerprint density at radius 1 is 1.29 bits per heavy atom. The van der Waals surface area contributed by atoms with Gasteiger partial charge in [0.25, 0.3) is 5.91 Å². The number of aromatic nitrogens is 1. The van der Waals surface area contributed by atoms with E-state index in [9.17, 15) is 14.0 Å². The largest absolute Gasteiger partial charge is 0.478 e. The molecule has 1 heterocycles. The summed E-state index contributed by atoms with van der Waals surface area (Å²) in [6.45, 7) is 1.71. The number of hydrogen-bond donors (Lipinski definition) is 2. The van der Waals surface area contributed by atoms with Crippen LogP contribution in [0.15, 0.2) is 30.5 Å². The summed E-state index contributed by atoms with van der Waals surface area (Å²) < 4.78 is 13.2. The first kappa shape index (κ1) is 14.9. The van der Waals surface area contributed by atoms with Gasteiger partial charge in [-0.25, -0.2) is 9.18 Å². The molecule has 108 valence electrons. The Hall–Kier alpha value is -2.47. The summed E-state index contributed by atoms with van der Waals surface area (Å²) in [7, 11) is 0. The van der Waals surface area contributed by atoms with Gasteiger partial charge in [0.2, 0.25) is 0 Å². The van der Waals surface area contributed by atoms with Gasteiger partial charge in [0.1, 0.15) is 5.82 Å². The number of benzene rings is 1. The zero-order chi connectivity index (χ0) is 15.6. The normalized spacial score (nSPS) is 10.2. The molecule has 0 aliphatic rings. The smallest absolute Gasteiger partial charge is 0.337 e. The van der Waals surface area contributed by atoms with Crippen LogP contribution in [-0.2, 0) is 0 Å². The van der Waals surface area contributed by atoms with Gasteiger partial charge in [-0.15, -0.1) is 0 Å². The van der Waals surface area contributed by atoms with E-state index in [-0.39, 0.29) is 21.8 Å². The van der Waals surface area contributed by atoms with E-state index in [1.54, 1.807) is 6.92 Å². The SMILES string of the molecule is Cc1cc(Cl)c(C(=O)Nc2cc(F)ccc2C(=O)O)cn1. The number of carboxylic acids is 1. The van der Waals surface area contributed by atoms with Crippen molar-refractivity contribution in [3.8, 4) is 0 Å². The Labute approximate surface area is 124 Å². The zero-order valence-electron chi connectivity index (χ0n) is 10.9. The third-order valence-corrected chi connectivity index (χ3v) is 3.01. The van der Waals surface area contributed by atoms with Crippen LogP contribution in [0.4, 0.5) is 10.1 Å². The highest BCUT2D eigenvalue weighted by Gasteiger charge is 2.16. The first-order valence-electron chi connectivity index (χ1n) is 5.85. The molecule has 5 nitrogen and oxygen atoms in total. The third kappa shape index (κ3) is 3.35. The van der Waals surface area contributed by atoms with Gasteiger partial charge >= 0.3 is 5.97 Å². The minimum atomic E-state index is -1.28. The van der Waals surface area contributed by atoms with Crippen molar-refractivity contribution in [3.63, 3.8) is 0 Å². The maximum Gasteiger partial charge on any atom is 0.337 e. The minimum Gasteiger partial charge on any atom is -0.478 e. The molecule has 2 N–H and O–H groups in total. The zero-order valence-corrected chi connectivity index (χ0v) is 11.6. The highest BCUT2D eigenvalue weighted by molar-refractivity contribution is 6.34. The number of carbonyl (C=O) groups is 2. The highest BCUT2D eigenvalue weighted by Crippen LogP contribution is 2.21. The van der Waals surface area contributed by atoms with E-state index in [1.807, 2.05) is 0 Å². The van der Waals surface area contributed by atoms with Crippen molar-refractivity contribution >= 4 is 29.2 Å². The minimum absolute atomic E-state index is 0.0721. The molecule has 0 bridgehead atoms. The number of carboxylic acid groups (broad SMARTS) is 1. The maximum atomic E-state index is 13.2. The molecule has 2 aromatic rings. The number of carbonyl (C=O) groups excluding carboxylic acids is 1. The molecule has 0 unspecified atom stereocenters. The molecular formula is C14H10ClFN2O3. The van der Waals surface area contributed by atoms with Gasteiger partial charge in [-0.05, 0) is 31.2 Å². The second-order valence-electron chi connectivity index (χ2n) is 4.25. The summed E-state index contributed by atoms with van der Waals surface area (Å²) >= 11 is 5.93. The topological polar surface area (TPSA) is 79.3 Å². The van der Waals surface area contributed by atoms with Crippen molar-refractivity contribution in [1.29, 1.82) is 0 Å². The van der Waals surface area contributed by atoms with Gasteiger partial charge in [0, 0.05) is 11.9 Å². The van der Waals surface area contributed by atoms with Gasteiger partial charge in [-0.3, -0.25) is 9.78 Å². The van der Waals surface area contributed by atoms with Crippen LogP contribution in [-0.4, -0.2) is 22.0 Å². The van der Waals surface area contributed by atoms with Crippen LogP contribution in [0.25, 0.3) is 0 Å².